The number of anilines is 1. The Balaban J connectivity index is 2.84. The minimum atomic E-state index is -0.522. The maximum atomic E-state index is 10.4. The molecular weight excluding hydrogens is 186 g/mol. The zero-order chi connectivity index (χ0) is 10.6. The zero-order valence-electron chi connectivity index (χ0n) is 7.38. The summed E-state index contributed by atoms with van der Waals surface area (Å²) in [6.45, 7) is 0.165. The molecule has 0 aliphatic carbocycles. The van der Waals surface area contributed by atoms with Crippen molar-refractivity contribution in [2.75, 3.05) is 18.9 Å². The highest BCUT2D eigenvalue weighted by atomic mass is 16.6. The average Bonchev–Trinajstić information content (AvgIpc) is 2.15. The van der Waals surface area contributed by atoms with Crippen LogP contribution < -0.4 is 11.1 Å². The molecule has 0 unspecified atom stereocenters. The van der Waals surface area contributed by atoms with Crippen molar-refractivity contribution in [1.29, 1.82) is 0 Å². The summed E-state index contributed by atoms with van der Waals surface area (Å²) in [5, 5.41) is 22.8. The summed E-state index contributed by atoms with van der Waals surface area (Å²) < 4.78 is 0. The SMILES string of the molecule is Nc1cc([N+](=O)[O-])ccc1[N]CCO. The lowest BCUT2D eigenvalue weighted by Gasteiger charge is -2.04. The van der Waals surface area contributed by atoms with Gasteiger partial charge < -0.3 is 10.8 Å². The van der Waals surface area contributed by atoms with E-state index in [1.165, 1.54) is 18.2 Å². The number of nitrogens with zero attached hydrogens (tertiary/aromatic N) is 2. The van der Waals surface area contributed by atoms with E-state index in [1.54, 1.807) is 0 Å². The van der Waals surface area contributed by atoms with E-state index in [-0.39, 0.29) is 24.5 Å². The third-order valence-electron chi connectivity index (χ3n) is 1.60. The molecule has 0 aromatic heterocycles. The fourth-order valence-electron chi connectivity index (χ4n) is 0.970. The van der Waals surface area contributed by atoms with E-state index in [1.807, 2.05) is 0 Å². The van der Waals surface area contributed by atoms with Crippen LogP contribution in [0.15, 0.2) is 18.2 Å². The van der Waals surface area contributed by atoms with Gasteiger partial charge in [-0.1, -0.05) is 0 Å². The van der Waals surface area contributed by atoms with Gasteiger partial charge >= 0.3 is 0 Å². The summed E-state index contributed by atoms with van der Waals surface area (Å²) in [4.78, 5) is 9.84. The third-order valence-corrected chi connectivity index (χ3v) is 1.60. The van der Waals surface area contributed by atoms with Crippen molar-refractivity contribution in [2.45, 2.75) is 0 Å². The number of non-ortho nitro benzene ring substituents is 1. The van der Waals surface area contributed by atoms with Crippen molar-refractivity contribution in [3.63, 3.8) is 0 Å². The standard InChI is InChI=1S/C8H10N3O3/c9-7-5-6(11(13)14)1-2-8(7)10-3-4-12/h1-2,5,12H,3-4,9H2. The van der Waals surface area contributed by atoms with Crippen LogP contribution in [0.25, 0.3) is 0 Å². The molecular formula is C8H10N3O3. The summed E-state index contributed by atoms with van der Waals surface area (Å²) >= 11 is 0. The van der Waals surface area contributed by atoms with E-state index in [0.29, 0.717) is 5.69 Å². The molecule has 0 amide bonds. The Kier molecular flexibility index (Phi) is 3.24. The van der Waals surface area contributed by atoms with Crippen LogP contribution in [0.5, 0.6) is 0 Å². The molecule has 0 aliphatic rings. The number of nitrogens with two attached hydrogens (primary N) is 1. The number of hydrogen-bond donors (Lipinski definition) is 2. The summed E-state index contributed by atoms with van der Waals surface area (Å²) in [5.74, 6) is 0. The average molecular weight is 196 g/mol. The fourth-order valence-corrected chi connectivity index (χ4v) is 0.970. The van der Waals surface area contributed by atoms with E-state index < -0.39 is 4.92 Å². The summed E-state index contributed by atoms with van der Waals surface area (Å²) in [5.41, 5.74) is 6.16. The number of nitro benzene ring substituents is 1. The molecule has 0 saturated carbocycles. The van der Waals surface area contributed by atoms with Crippen LogP contribution in [0.4, 0.5) is 17.1 Å². The van der Waals surface area contributed by atoms with Gasteiger partial charge in [0.1, 0.15) is 0 Å². The molecule has 0 spiro atoms. The van der Waals surface area contributed by atoms with Crippen molar-refractivity contribution in [1.82, 2.24) is 5.32 Å². The van der Waals surface area contributed by atoms with E-state index in [4.69, 9.17) is 10.8 Å². The number of nitro groups is 1. The number of rotatable bonds is 4. The van der Waals surface area contributed by atoms with Crippen molar-refractivity contribution >= 4 is 17.1 Å². The van der Waals surface area contributed by atoms with Crippen molar-refractivity contribution in [3.05, 3.63) is 28.3 Å². The van der Waals surface area contributed by atoms with Crippen LogP contribution in [-0.4, -0.2) is 23.2 Å². The van der Waals surface area contributed by atoms with Gasteiger partial charge in [0.05, 0.1) is 29.4 Å². The molecule has 1 aromatic rings. The summed E-state index contributed by atoms with van der Waals surface area (Å²) in [6.07, 6.45) is 0. The van der Waals surface area contributed by atoms with Gasteiger partial charge in [-0.15, -0.1) is 0 Å². The summed E-state index contributed by atoms with van der Waals surface area (Å²) in [6, 6.07) is 4.03. The number of aliphatic hydroxyl groups excluding tert-OH is 1. The summed E-state index contributed by atoms with van der Waals surface area (Å²) in [7, 11) is 0. The molecule has 6 heteroatoms. The third kappa shape index (κ3) is 2.33. The lowest BCUT2D eigenvalue weighted by molar-refractivity contribution is -0.384. The minimum absolute atomic E-state index is 0.0644. The Morgan fingerprint density at radius 1 is 1.57 bits per heavy atom. The van der Waals surface area contributed by atoms with Crippen molar-refractivity contribution in [2.24, 2.45) is 0 Å². The van der Waals surface area contributed by atoms with Gasteiger partial charge in [-0.05, 0) is 6.07 Å². The number of hydrogen-bond acceptors (Lipinski definition) is 4. The quantitative estimate of drug-likeness (QED) is 0.413. The Labute approximate surface area is 80.5 Å². The second-order valence-corrected chi connectivity index (χ2v) is 2.61. The molecule has 75 valence electrons. The highest BCUT2D eigenvalue weighted by molar-refractivity contribution is 5.65. The molecule has 3 N–H and O–H groups in total. The van der Waals surface area contributed by atoms with Crippen LogP contribution in [0, 0.1) is 10.1 Å². The lowest BCUT2D eigenvalue weighted by atomic mass is 10.2. The molecule has 0 saturated heterocycles. The van der Waals surface area contributed by atoms with E-state index >= 15 is 0 Å². The van der Waals surface area contributed by atoms with Gasteiger partial charge in [0.2, 0.25) is 0 Å². The first kappa shape index (κ1) is 10.3. The predicted molar refractivity (Wildman–Crippen MR) is 51.3 cm³/mol. The monoisotopic (exact) mass is 196 g/mol. The number of nitrogen functional groups attached to an aromatic ring is 1. The highest BCUT2D eigenvalue weighted by Gasteiger charge is 2.08. The Morgan fingerprint density at radius 2 is 2.29 bits per heavy atom. The molecule has 6 nitrogen and oxygen atoms in total. The van der Waals surface area contributed by atoms with Crippen LogP contribution in [0.2, 0.25) is 0 Å². The van der Waals surface area contributed by atoms with Crippen LogP contribution in [0.1, 0.15) is 0 Å². The molecule has 0 aliphatic heterocycles. The van der Waals surface area contributed by atoms with Gasteiger partial charge in [-0.2, -0.15) is 0 Å². The van der Waals surface area contributed by atoms with Crippen molar-refractivity contribution < 1.29 is 10.0 Å². The molecule has 14 heavy (non-hydrogen) atoms. The smallest absolute Gasteiger partial charge is 0.271 e. The van der Waals surface area contributed by atoms with Crippen LogP contribution in [-0.2, 0) is 0 Å². The van der Waals surface area contributed by atoms with Gasteiger partial charge in [-0.3, -0.25) is 15.4 Å². The van der Waals surface area contributed by atoms with Crippen LogP contribution in [0.3, 0.4) is 0 Å². The largest absolute Gasteiger partial charge is 0.397 e. The van der Waals surface area contributed by atoms with E-state index in [2.05, 4.69) is 5.32 Å². The minimum Gasteiger partial charge on any atom is -0.397 e. The van der Waals surface area contributed by atoms with Gasteiger partial charge in [0, 0.05) is 12.1 Å². The zero-order valence-corrected chi connectivity index (χ0v) is 7.38. The first-order valence-electron chi connectivity index (χ1n) is 3.97. The normalized spacial score (nSPS) is 9.79. The highest BCUT2D eigenvalue weighted by Crippen LogP contribution is 2.23. The second-order valence-electron chi connectivity index (χ2n) is 2.61. The van der Waals surface area contributed by atoms with Gasteiger partial charge in [-0.25, -0.2) is 0 Å². The maximum Gasteiger partial charge on any atom is 0.271 e. The van der Waals surface area contributed by atoms with Gasteiger partial charge in [0.25, 0.3) is 5.69 Å². The maximum absolute atomic E-state index is 10.4. The van der Waals surface area contributed by atoms with Gasteiger partial charge in [0.15, 0.2) is 0 Å². The lowest BCUT2D eigenvalue weighted by Crippen LogP contribution is -2.06. The first-order valence-corrected chi connectivity index (χ1v) is 3.97. The second kappa shape index (κ2) is 4.43. The van der Waals surface area contributed by atoms with E-state index in [9.17, 15) is 10.1 Å². The molecule has 0 bridgehead atoms. The molecule has 1 rings (SSSR count). The molecule has 0 atom stereocenters. The Bertz CT molecular complexity index is 341. The topological polar surface area (TPSA) is 103 Å². The Hall–Kier alpha value is -1.82. The first-order chi connectivity index (χ1) is 6.65. The molecule has 0 heterocycles. The van der Waals surface area contributed by atoms with Crippen LogP contribution >= 0.6 is 0 Å². The Morgan fingerprint density at radius 3 is 2.79 bits per heavy atom. The number of aliphatic hydroxyl groups is 1. The molecule has 1 aromatic carbocycles. The predicted octanol–water partition coefficient (Wildman–Crippen LogP) is 0.405. The number of benzene rings is 1. The van der Waals surface area contributed by atoms with E-state index in [0.717, 1.165) is 0 Å². The molecule has 1 radical (unpaired) electrons. The fraction of sp³-hybridized carbons (Fsp3) is 0.250. The van der Waals surface area contributed by atoms with Crippen molar-refractivity contribution in [3.8, 4) is 0 Å². The molecule has 0 fully saturated rings.